The van der Waals surface area contributed by atoms with Gasteiger partial charge in [-0.25, -0.2) is 0 Å². The van der Waals surface area contributed by atoms with E-state index in [1.54, 1.807) is 0 Å². The summed E-state index contributed by atoms with van der Waals surface area (Å²) in [6.07, 6.45) is 4.36. The minimum absolute atomic E-state index is 0.0486. The summed E-state index contributed by atoms with van der Waals surface area (Å²) in [4.78, 5) is 14.6. The number of carbonyl (C=O) groups excluding carboxylic acids is 1. The van der Waals surface area contributed by atoms with Crippen LogP contribution in [0.3, 0.4) is 0 Å². The van der Waals surface area contributed by atoms with Crippen molar-refractivity contribution in [3.63, 3.8) is 0 Å². The van der Waals surface area contributed by atoms with Crippen molar-refractivity contribution in [3.8, 4) is 5.75 Å². The Kier molecular flexibility index (Phi) is 10.5. The average Bonchev–Trinajstić information content (AvgIpc) is 2.80. The normalized spacial score (nSPS) is 15.6. The molecule has 0 radical (unpaired) electrons. The van der Waals surface area contributed by atoms with Gasteiger partial charge in [-0.3, -0.25) is 9.69 Å². The van der Waals surface area contributed by atoms with E-state index in [4.69, 9.17) is 9.47 Å². The standard InChI is InChI=1S/C27H46N2O3/c1-7-26(3,4)22-12-13-24(23(21-22)27(5,6)8-2)32-18-9-11-25(30)28-14-10-15-29-16-19-31-20-17-29/h12-13,21H,7-11,14-20H2,1-6H3,(H,28,30). The first-order chi connectivity index (χ1) is 15.2. The van der Waals surface area contributed by atoms with Gasteiger partial charge in [-0.2, -0.15) is 0 Å². The van der Waals surface area contributed by atoms with Crippen LogP contribution in [0.4, 0.5) is 0 Å². The van der Waals surface area contributed by atoms with Gasteiger partial charge in [0.25, 0.3) is 0 Å². The lowest BCUT2D eigenvalue weighted by molar-refractivity contribution is -0.121. The number of carbonyl (C=O) groups is 1. The van der Waals surface area contributed by atoms with Gasteiger partial charge in [0.1, 0.15) is 5.75 Å². The Morgan fingerprint density at radius 2 is 1.75 bits per heavy atom. The zero-order valence-corrected chi connectivity index (χ0v) is 21.4. The van der Waals surface area contributed by atoms with Crippen molar-refractivity contribution in [1.29, 1.82) is 0 Å². The molecule has 1 saturated heterocycles. The molecule has 1 heterocycles. The predicted molar refractivity (Wildman–Crippen MR) is 133 cm³/mol. The van der Waals surface area contributed by atoms with Crippen LogP contribution >= 0.6 is 0 Å². The number of hydrogen-bond acceptors (Lipinski definition) is 4. The van der Waals surface area contributed by atoms with E-state index in [1.165, 1.54) is 11.1 Å². The highest BCUT2D eigenvalue weighted by Crippen LogP contribution is 2.38. The summed E-state index contributed by atoms with van der Waals surface area (Å²) < 4.78 is 11.5. The van der Waals surface area contributed by atoms with E-state index in [-0.39, 0.29) is 16.7 Å². The van der Waals surface area contributed by atoms with Gasteiger partial charge in [-0.1, -0.05) is 53.7 Å². The molecule has 0 bridgehead atoms. The molecular formula is C27H46N2O3. The molecule has 0 saturated carbocycles. The summed E-state index contributed by atoms with van der Waals surface area (Å²) >= 11 is 0. The van der Waals surface area contributed by atoms with Gasteiger partial charge in [0, 0.05) is 31.6 Å². The maximum Gasteiger partial charge on any atom is 0.220 e. The van der Waals surface area contributed by atoms with Crippen LogP contribution < -0.4 is 10.1 Å². The quantitative estimate of drug-likeness (QED) is 0.430. The fraction of sp³-hybridized carbons (Fsp3) is 0.741. The Morgan fingerprint density at radius 3 is 2.41 bits per heavy atom. The second-order valence-electron chi connectivity index (χ2n) is 10.3. The third kappa shape index (κ3) is 8.08. The molecule has 1 aromatic rings. The summed E-state index contributed by atoms with van der Waals surface area (Å²) in [6, 6.07) is 6.67. The molecule has 32 heavy (non-hydrogen) atoms. The van der Waals surface area contributed by atoms with E-state index in [0.717, 1.165) is 70.8 Å². The molecule has 0 spiro atoms. The van der Waals surface area contributed by atoms with Gasteiger partial charge in [0.15, 0.2) is 0 Å². The lowest BCUT2D eigenvalue weighted by atomic mass is 9.76. The van der Waals surface area contributed by atoms with Crippen molar-refractivity contribution in [2.75, 3.05) is 46.0 Å². The minimum atomic E-state index is 0.0486. The number of morpholine rings is 1. The third-order valence-electron chi connectivity index (χ3n) is 7.14. The molecule has 5 nitrogen and oxygen atoms in total. The molecule has 0 unspecified atom stereocenters. The highest BCUT2D eigenvalue weighted by atomic mass is 16.5. The number of benzene rings is 1. The van der Waals surface area contributed by atoms with Gasteiger partial charge in [0.05, 0.1) is 19.8 Å². The van der Waals surface area contributed by atoms with E-state index in [2.05, 4.69) is 70.0 Å². The molecule has 0 aliphatic carbocycles. The highest BCUT2D eigenvalue weighted by molar-refractivity contribution is 5.75. The molecule has 1 aliphatic heterocycles. The Balaban J connectivity index is 1.79. The van der Waals surface area contributed by atoms with Gasteiger partial charge < -0.3 is 14.8 Å². The maximum atomic E-state index is 12.2. The van der Waals surface area contributed by atoms with Gasteiger partial charge >= 0.3 is 0 Å². The molecule has 1 amide bonds. The Labute approximate surface area is 196 Å². The molecular weight excluding hydrogens is 400 g/mol. The lowest BCUT2D eigenvalue weighted by Gasteiger charge is -2.30. The number of rotatable bonds is 13. The van der Waals surface area contributed by atoms with Crippen LogP contribution in [0.1, 0.15) is 84.8 Å². The molecule has 182 valence electrons. The number of ether oxygens (including phenoxy) is 2. The number of amides is 1. The Hall–Kier alpha value is -1.59. The van der Waals surface area contributed by atoms with Gasteiger partial charge in [0.2, 0.25) is 5.91 Å². The molecule has 1 aromatic carbocycles. The van der Waals surface area contributed by atoms with Crippen LogP contribution in [0.25, 0.3) is 0 Å². The zero-order chi connectivity index (χ0) is 23.6. The monoisotopic (exact) mass is 446 g/mol. The fourth-order valence-electron chi connectivity index (χ4n) is 3.86. The van der Waals surface area contributed by atoms with E-state index in [9.17, 15) is 4.79 Å². The maximum absolute atomic E-state index is 12.2. The molecule has 2 rings (SSSR count). The SMILES string of the molecule is CCC(C)(C)c1ccc(OCCCC(=O)NCCCN2CCOCC2)c(C(C)(C)CC)c1. The summed E-state index contributed by atoms with van der Waals surface area (Å²) in [5.74, 6) is 1.07. The largest absolute Gasteiger partial charge is 0.493 e. The Morgan fingerprint density at radius 1 is 1.06 bits per heavy atom. The minimum Gasteiger partial charge on any atom is -0.493 e. The second kappa shape index (κ2) is 12.6. The van der Waals surface area contributed by atoms with Gasteiger partial charge in [-0.15, -0.1) is 0 Å². The van der Waals surface area contributed by atoms with E-state index in [1.807, 2.05) is 0 Å². The van der Waals surface area contributed by atoms with Crippen LogP contribution in [0.2, 0.25) is 0 Å². The topological polar surface area (TPSA) is 50.8 Å². The van der Waals surface area contributed by atoms with Crippen LogP contribution in [0.5, 0.6) is 5.75 Å². The molecule has 0 atom stereocenters. The number of hydrogen-bond donors (Lipinski definition) is 1. The van der Waals surface area contributed by atoms with E-state index < -0.39 is 0 Å². The van der Waals surface area contributed by atoms with E-state index >= 15 is 0 Å². The van der Waals surface area contributed by atoms with Crippen molar-refractivity contribution in [3.05, 3.63) is 29.3 Å². The third-order valence-corrected chi connectivity index (χ3v) is 7.14. The second-order valence-corrected chi connectivity index (χ2v) is 10.3. The van der Waals surface area contributed by atoms with Crippen LogP contribution in [0, 0.1) is 0 Å². The van der Waals surface area contributed by atoms with Crippen molar-refractivity contribution in [1.82, 2.24) is 10.2 Å². The summed E-state index contributed by atoms with van der Waals surface area (Å²) in [7, 11) is 0. The van der Waals surface area contributed by atoms with Crippen LogP contribution in [0.15, 0.2) is 18.2 Å². The van der Waals surface area contributed by atoms with Gasteiger partial charge in [-0.05, 0) is 54.7 Å². The lowest BCUT2D eigenvalue weighted by Crippen LogP contribution is -2.38. The molecule has 1 N–H and O–H groups in total. The number of nitrogens with zero attached hydrogens (tertiary/aromatic N) is 1. The van der Waals surface area contributed by atoms with Crippen molar-refractivity contribution < 1.29 is 14.3 Å². The summed E-state index contributed by atoms with van der Waals surface area (Å²) in [6.45, 7) is 19.6. The van der Waals surface area contributed by atoms with Crippen LogP contribution in [-0.4, -0.2) is 56.8 Å². The molecule has 1 fully saturated rings. The first-order valence-electron chi connectivity index (χ1n) is 12.5. The van der Waals surface area contributed by atoms with Crippen molar-refractivity contribution in [2.24, 2.45) is 0 Å². The smallest absolute Gasteiger partial charge is 0.220 e. The first kappa shape index (κ1) is 26.7. The highest BCUT2D eigenvalue weighted by Gasteiger charge is 2.26. The summed E-state index contributed by atoms with van der Waals surface area (Å²) in [5, 5.41) is 3.04. The summed E-state index contributed by atoms with van der Waals surface area (Å²) in [5.41, 5.74) is 2.83. The average molecular weight is 447 g/mol. The molecule has 1 aliphatic rings. The van der Waals surface area contributed by atoms with Crippen molar-refractivity contribution >= 4 is 5.91 Å². The zero-order valence-electron chi connectivity index (χ0n) is 21.4. The van der Waals surface area contributed by atoms with Crippen molar-refractivity contribution in [2.45, 2.75) is 84.5 Å². The Bertz CT molecular complexity index is 709. The van der Waals surface area contributed by atoms with Crippen LogP contribution in [-0.2, 0) is 20.4 Å². The van der Waals surface area contributed by atoms with E-state index in [0.29, 0.717) is 13.0 Å². The first-order valence-corrected chi connectivity index (χ1v) is 12.5. The molecule has 0 aromatic heterocycles. The fourth-order valence-corrected chi connectivity index (χ4v) is 3.86. The molecule has 5 heteroatoms. The predicted octanol–water partition coefficient (Wildman–Crippen LogP) is 5.06. The number of nitrogens with one attached hydrogen (secondary N) is 1.